The van der Waals surface area contributed by atoms with Gasteiger partial charge in [-0.05, 0) is 72.9 Å². The molecule has 0 aromatic heterocycles. The third-order valence-electron chi connectivity index (χ3n) is 4.17. The first-order valence-electron chi connectivity index (χ1n) is 8.99. The number of rotatable bonds is 7. The molecule has 162 valence electrons. The van der Waals surface area contributed by atoms with E-state index in [4.69, 9.17) is 33.3 Å². The van der Waals surface area contributed by atoms with E-state index in [9.17, 15) is 8.42 Å². The molecule has 31 heavy (non-hydrogen) atoms. The Bertz CT molecular complexity index is 1170. The van der Waals surface area contributed by atoms with Gasteiger partial charge >= 0.3 is 0 Å². The van der Waals surface area contributed by atoms with E-state index in [2.05, 4.69) is 15.4 Å². The molecule has 7 nitrogen and oxygen atoms in total. The molecule has 3 rings (SSSR count). The third-order valence-corrected chi connectivity index (χ3v) is 6.05. The molecule has 0 atom stereocenters. The zero-order valence-corrected chi connectivity index (χ0v) is 19.1. The minimum atomic E-state index is -3.96. The number of halogens is 1. The molecule has 0 aliphatic heterocycles. The van der Waals surface area contributed by atoms with Crippen LogP contribution in [0.15, 0.2) is 71.6 Å². The summed E-state index contributed by atoms with van der Waals surface area (Å²) < 4.78 is 39.1. The van der Waals surface area contributed by atoms with Gasteiger partial charge in [0.2, 0.25) is 0 Å². The van der Waals surface area contributed by atoms with Crippen molar-refractivity contribution in [3.63, 3.8) is 0 Å². The van der Waals surface area contributed by atoms with Crippen LogP contribution in [0.1, 0.15) is 0 Å². The SMILES string of the molecule is COc1ccc(NS(=O)(=O)c2cc(OC)ccc2NC(=S)Nc2ccc(Cl)cc2)cc1. The summed E-state index contributed by atoms with van der Waals surface area (Å²) in [6.07, 6.45) is 0. The Kier molecular flexibility index (Phi) is 7.21. The minimum Gasteiger partial charge on any atom is -0.497 e. The van der Waals surface area contributed by atoms with Gasteiger partial charge < -0.3 is 20.1 Å². The molecule has 0 saturated carbocycles. The molecule has 0 radical (unpaired) electrons. The molecule has 0 fully saturated rings. The summed E-state index contributed by atoms with van der Waals surface area (Å²) in [5.41, 5.74) is 1.38. The molecule has 3 N–H and O–H groups in total. The quantitative estimate of drug-likeness (QED) is 0.414. The fourth-order valence-corrected chi connectivity index (χ4v) is 4.23. The molecule has 0 bridgehead atoms. The van der Waals surface area contributed by atoms with Gasteiger partial charge in [0.15, 0.2) is 5.11 Å². The fraction of sp³-hybridized carbons (Fsp3) is 0.0952. The molecule has 0 unspecified atom stereocenters. The maximum atomic E-state index is 13.1. The molecule has 0 aliphatic carbocycles. The Morgan fingerprint density at radius 2 is 1.42 bits per heavy atom. The lowest BCUT2D eigenvalue weighted by Gasteiger charge is -2.16. The smallest absolute Gasteiger partial charge is 0.264 e. The van der Waals surface area contributed by atoms with Crippen molar-refractivity contribution < 1.29 is 17.9 Å². The zero-order chi connectivity index (χ0) is 22.4. The Morgan fingerprint density at radius 1 is 0.839 bits per heavy atom. The van der Waals surface area contributed by atoms with Crippen LogP contribution >= 0.6 is 23.8 Å². The highest BCUT2D eigenvalue weighted by molar-refractivity contribution is 7.93. The average Bonchev–Trinajstić information content (AvgIpc) is 2.76. The van der Waals surface area contributed by atoms with Crippen molar-refractivity contribution in [1.82, 2.24) is 0 Å². The van der Waals surface area contributed by atoms with Crippen LogP contribution in [0.3, 0.4) is 0 Å². The Balaban J connectivity index is 1.85. The summed E-state index contributed by atoms with van der Waals surface area (Å²) in [5.74, 6) is 1.00. The van der Waals surface area contributed by atoms with E-state index < -0.39 is 10.0 Å². The number of methoxy groups -OCH3 is 2. The number of hydrogen-bond acceptors (Lipinski definition) is 5. The Hall–Kier alpha value is -3.01. The lowest BCUT2D eigenvalue weighted by molar-refractivity contribution is 0.413. The van der Waals surface area contributed by atoms with Gasteiger partial charge in [-0.1, -0.05) is 11.6 Å². The maximum Gasteiger partial charge on any atom is 0.264 e. The normalized spacial score (nSPS) is 10.8. The summed E-state index contributed by atoms with van der Waals surface area (Å²) in [7, 11) is -0.962. The average molecular weight is 478 g/mol. The van der Waals surface area contributed by atoms with Crippen molar-refractivity contribution in [3.8, 4) is 11.5 Å². The molecule has 0 amide bonds. The van der Waals surface area contributed by atoms with Crippen molar-refractivity contribution in [2.45, 2.75) is 4.90 Å². The van der Waals surface area contributed by atoms with Gasteiger partial charge in [-0.2, -0.15) is 0 Å². The number of hydrogen-bond donors (Lipinski definition) is 3. The van der Waals surface area contributed by atoms with Crippen LogP contribution in [0.25, 0.3) is 0 Å². The predicted molar refractivity (Wildman–Crippen MR) is 128 cm³/mol. The number of ether oxygens (including phenoxy) is 2. The highest BCUT2D eigenvalue weighted by atomic mass is 35.5. The summed E-state index contributed by atoms with van der Waals surface area (Å²) in [6, 6.07) is 18.1. The van der Waals surface area contributed by atoms with E-state index in [0.29, 0.717) is 27.9 Å². The van der Waals surface area contributed by atoms with Crippen molar-refractivity contribution >= 4 is 56.0 Å². The van der Waals surface area contributed by atoms with Crippen molar-refractivity contribution in [2.24, 2.45) is 0 Å². The fourth-order valence-electron chi connectivity index (χ4n) is 2.64. The van der Waals surface area contributed by atoms with Gasteiger partial charge in [0, 0.05) is 22.5 Å². The molecular weight excluding hydrogens is 458 g/mol. The standard InChI is InChI=1S/C21H20ClN3O4S2/c1-28-17-9-7-16(8-10-17)25-31(26,27)20-13-18(29-2)11-12-19(20)24-21(30)23-15-5-3-14(22)4-6-15/h3-13,25H,1-2H3,(H2,23,24,30). The maximum absolute atomic E-state index is 13.1. The lowest BCUT2D eigenvalue weighted by atomic mass is 10.3. The van der Waals surface area contributed by atoms with E-state index in [-0.39, 0.29) is 15.7 Å². The molecule has 0 aliphatic rings. The van der Waals surface area contributed by atoms with Gasteiger partial charge in [-0.3, -0.25) is 4.72 Å². The number of sulfonamides is 1. The minimum absolute atomic E-state index is 0.0251. The number of anilines is 3. The first kappa shape index (κ1) is 22.7. The predicted octanol–water partition coefficient (Wildman–Crippen LogP) is 4.97. The first-order valence-corrected chi connectivity index (χ1v) is 11.3. The van der Waals surface area contributed by atoms with Gasteiger partial charge in [-0.25, -0.2) is 8.42 Å². The second-order valence-corrected chi connectivity index (χ2v) is 8.78. The molecular formula is C21H20ClN3O4S2. The summed E-state index contributed by atoms with van der Waals surface area (Å²) in [6.45, 7) is 0. The van der Waals surface area contributed by atoms with E-state index in [0.717, 1.165) is 0 Å². The number of thiocarbonyl (C=S) groups is 1. The molecule has 10 heteroatoms. The van der Waals surface area contributed by atoms with Crippen LogP contribution in [0.5, 0.6) is 11.5 Å². The van der Waals surface area contributed by atoms with Crippen LogP contribution < -0.4 is 24.8 Å². The number of benzene rings is 3. The van der Waals surface area contributed by atoms with Gasteiger partial charge in [-0.15, -0.1) is 0 Å². The van der Waals surface area contributed by atoms with Crippen LogP contribution in [0, 0.1) is 0 Å². The van der Waals surface area contributed by atoms with Gasteiger partial charge in [0.1, 0.15) is 16.4 Å². The largest absolute Gasteiger partial charge is 0.497 e. The van der Waals surface area contributed by atoms with Gasteiger partial charge in [0.25, 0.3) is 10.0 Å². The van der Waals surface area contributed by atoms with Crippen molar-refractivity contribution in [2.75, 3.05) is 29.6 Å². The van der Waals surface area contributed by atoms with Crippen LogP contribution in [0.2, 0.25) is 5.02 Å². The Morgan fingerprint density at radius 3 is 2.03 bits per heavy atom. The topological polar surface area (TPSA) is 88.7 Å². The van der Waals surface area contributed by atoms with Crippen LogP contribution in [-0.4, -0.2) is 27.7 Å². The van der Waals surface area contributed by atoms with E-state index in [1.54, 1.807) is 60.7 Å². The second kappa shape index (κ2) is 9.86. The van der Waals surface area contributed by atoms with Gasteiger partial charge in [0.05, 0.1) is 19.9 Å². The number of nitrogens with one attached hydrogen (secondary N) is 3. The summed E-state index contributed by atoms with van der Waals surface area (Å²) in [4.78, 5) is -0.0251. The molecule has 3 aromatic carbocycles. The summed E-state index contributed by atoms with van der Waals surface area (Å²) >= 11 is 11.2. The molecule has 0 spiro atoms. The van der Waals surface area contributed by atoms with Crippen molar-refractivity contribution in [1.29, 1.82) is 0 Å². The van der Waals surface area contributed by atoms with E-state index in [1.807, 2.05) is 0 Å². The molecule has 0 saturated heterocycles. The monoisotopic (exact) mass is 477 g/mol. The van der Waals surface area contributed by atoms with E-state index >= 15 is 0 Å². The van der Waals surface area contributed by atoms with Crippen LogP contribution in [-0.2, 0) is 10.0 Å². The lowest BCUT2D eigenvalue weighted by Crippen LogP contribution is -2.22. The van der Waals surface area contributed by atoms with Crippen molar-refractivity contribution in [3.05, 3.63) is 71.8 Å². The Labute approximate surface area is 191 Å². The molecule has 0 heterocycles. The third kappa shape index (κ3) is 6.00. The van der Waals surface area contributed by atoms with Crippen LogP contribution in [0.4, 0.5) is 17.1 Å². The first-order chi connectivity index (χ1) is 14.8. The summed E-state index contributed by atoms with van der Waals surface area (Å²) in [5, 5.41) is 6.73. The van der Waals surface area contributed by atoms with E-state index in [1.165, 1.54) is 20.3 Å². The molecule has 3 aromatic rings. The zero-order valence-electron chi connectivity index (χ0n) is 16.7. The second-order valence-electron chi connectivity index (χ2n) is 6.28. The highest BCUT2D eigenvalue weighted by Crippen LogP contribution is 2.29. The highest BCUT2D eigenvalue weighted by Gasteiger charge is 2.21.